The smallest absolute Gasteiger partial charge is 0.270 e. The second-order valence-electron chi connectivity index (χ2n) is 5.83. The van der Waals surface area contributed by atoms with Gasteiger partial charge in [-0.2, -0.15) is 0 Å². The van der Waals surface area contributed by atoms with Gasteiger partial charge in [0, 0.05) is 23.2 Å². The summed E-state index contributed by atoms with van der Waals surface area (Å²) in [5.41, 5.74) is 4.55. The topological polar surface area (TPSA) is 57.2 Å². The van der Waals surface area contributed by atoms with Gasteiger partial charge in [-0.3, -0.25) is 4.79 Å². The Morgan fingerprint density at radius 2 is 1.88 bits per heavy atom. The Morgan fingerprint density at radius 1 is 1.16 bits per heavy atom. The summed E-state index contributed by atoms with van der Waals surface area (Å²) in [6.45, 7) is 10.0. The molecule has 0 saturated carbocycles. The van der Waals surface area contributed by atoms with Crippen molar-refractivity contribution >= 4 is 11.5 Å². The molecule has 4 heteroatoms. The number of nitrogens with one attached hydrogen (secondary N) is 1. The van der Waals surface area contributed by atoms with Gasteiger partial charge in [0.05, 0.1) is 12.6 Å². The number of hydrogen-bond donors (Lipinski definition) is 1. The van der Waals surface area contributed by atoms with E-state index in [1.54, 1.807) is 12.1 Å². The number of fused-ring (bicyclic) bond motifs is 3. The van der Waals surface area contributed by atoms with Crippen LogP contribution in [-0.4, -0.2) is 12.5 Å². The number of hydrogen-bond acceptors (Lipinski definition) is 2. The van der Waals surface area contributed by atoms with Crippen LogP contribution in [0.15, 0.2) is 48.2 Å². The summed E-state index contributed by atoms with van der Waals surface area (Å²) in [7, 11) is 0. The molecule has 0 radical (unpaired) electrons. The second-order valence-corrected chi connectivity index (χ2v) is 5.83. The summed E-state index contributed by atoms with van der Waals surface area (Å²) in [6, 6.07) is 15.1. The molecule has 0 heterocycles. The molecule has 1 N–H and O–H groups in total. The molecule has 1 amide bonds. The first-order valence-electron chi connectivity index (χ1n) is 8.26. The zero-order valence-electron chi connectivity index (χ0n) is 14.0. The van der Waals surface area contributed by atoms with Crippen molar-refractivity contribution in [1.29, 1.82) is 5.26 Å². The van der Waals surface area contributed by atoms with Crippen molar-refractivity contribution in [3.63, 3.8) is 0 Å². The van der Waals surface area contributed by atoms with E-state index >= 15 is 0 Å². The number of allylic oxidation sites excluding steroid dienone is 1. The van der Waals surface area contributed by atoms with E-state index in [9.17, 15) is 10.1 Å². The number of rotatable bonds is 4. The molecule has 0 spiro atoms. The van der Waals surface area contributed by atoms with Crippen LogP contribution in [0.2, 0.25) is 0 Å². The van der Waals surface area contributed by atoms with E-state index in [-0.39, 0.29) is 11.6 Å². The lowest BCUT2D eigenvalue weighted by Crippen LogP contribution is -2.24. The van der Waals surface area contributed by atoms with Gasteiger partial charge in [-0.25, -0.2) is 10.1 Å². The number of unbranched alkanes of at least 4 members (excludes halogenated alkanes) is 1. The molecule has 1 aliphatic carbocycles. The van der Waals surface area contributed by atoms with E-state index in [1.165, 1.54) is 0 Å². The Kier molecular flexibility index (Phi) is 4.64. The third-order valence-corrected chi connectivity index (χ3v) is 4.31. The molecule has 0 atom stereocenters. The zero-order chi connectivity index (χ0) is 17.8. The molecule has 0 unspecified atom stereocenters. The monoisotopic (exact) mass is 327 g/mol. The molecule has 0 fully saturated rings. The molecule has 2 aromatic rings. The Labute approximate surface area is 147 Å². The van der Waals surface area contributed by atoms with Crippen LogP contribution < -0.4 is 5.32 Å². The van der Waals surface area contributed by atoms with E-state index in [0.717, 1.165) is 35.1 Å². The van der Waals surface area contributed by atoms with E-state index in [1.807, 2.05) is 36.4 Å². The standard InChI is InChI=1S/C21H17N3O/c1-3-4-12-24-21(25)17-11-7-10-16-19(17)14-8-5-6-9-15(14)20(16)18(13-22)23-2/h5-11H,3-4,12H2,1H3,(H,24,25). The van der Waals surface area contributed by atoms with Crippen LogP contribution >= 0.6 is 0 Å². The van der Waals surface area contributed by atoms with Gasteiger partial charge < -0.3 is 5.32 Å². The van der Waals surface area contributed by atoms with E-state index in [4.69, 9.17) is 6.57 Å². The van der Waals surface area contributed by atoms with Crippen LogP contribution in [0, 0.1) is 17.9 Å². The summed E-state index contributed by atoms with van der Waals surface area (Å²) in [6.07, 6.45) is 1.94. The van der Waals surface area contributed by atoms with Gasteiger partial charge in [-0.15, -0.1) is 0 Å². The summed E-state index contributed by atoms with van der Waals surface area (Å²) in [4.78, 5) is 16.0. The van der Waals surface area contributed by atoms with Crippen molar-refractivity contribution < 1.29 is 4.79 Å². The number of nitrogens with zero attached hydrogens (tertiary/aromatic N) is 2. The molecular formula is C21H17N3O. The lowest BCUT2D eigenvalue weighted by Gasteiger charge is -2.10. The molecule has 25 heavy (non-hydrogen) atoms. The molecule has 0 bridgehead atoms. The predicted molar refractivity (Wildman–Crippen MR) is 97.4 cm³/mol. The Hall–Kier alpha value is -3.37. The van der Waals surface area contributed by atoms with Crippen LogP contribution in [0.4, 0.5) is 0 Å². The maximum Gasteiger partial charge on any atom is 0.270 e. The molecule has 4 nitrogen and oxygen atoms in total. The first-order chi connectivity index (χ1) is 12.2. The van der Waals surface area contributed by atoms with Gasteiger partial charge in [0.1, 0.15) is 0 Å². The lowest BCUT2D eigenvalue weighted by molar-refractivity contribution is 0.0954. The van der Waals surface area contributed by atoms with Crippen LogP contribution in [-0.2, 0) is 0 Å². The van der Waals surface area contributed by atoms with E-state index in [2.05, 4.69) is 17.1 Å². The van der Waals surface area contributed by atoms with Gasteiger partial charge in [-0.05, 0) is 29.2 Å². The highest BCUT2D eigenvalue weighted by Crippen LogP contribution is 2.47. The van der Waals surface area contributed by atoms with Crippen molar-refractivity contribution in [2.24, 2.45) is 0 Å². The third-order valence-electron chi connectivity index (χ3n) is 4.31. The first-order valence-corrected chi connectivity index (χ1v) is 8.26. The predicted octanol–water partition coefficient (Wildman–Crippen LogP) is 4.40. The third kappa shape index (κ3) is 2.79. The lowest BCUT2D eigenvalue weighted by atomic mass is 9.98. The van der Waals surface area contributed by atoms with Gasteiger partial charge in [-0.1, -0.05) is 49.7 Å². The SMILES string of the molecule is [C-]#[N+]C(C#N)=C1c2ccccc2-c2c(C(=O)NCCCC)cccc21. The quantitative estimate of drug-likeness (QED) is 0.439. The highest BCUT2D eigenvalue weighted by atomic mass is 16.1. The van der Waals surface area contributed by atoms with Gasteiger partial charge in [0.15, 0.2) is 0 Å². The molecule has 3 rings (SSSR count). The van der Waals surface area contributed by atoms with Gasteiger partial charge in [0.25, 0.3) is 11.6 Å². The minimum atomic E-state index is -0.123. The minimum Gasteiger partial charge on any atom is -0.352 e. The number of benzene rings is 2. The van der Waals surface area contributed by atoms with Crippen LogP contribution in [0.25, 0.3) is 21.5 Å². The minimum absolute atomic E-state index is 0.0507. The number of nitriles is 1. The van der Waals surface area contributed by atoms with Crippen LogP contribution in [0.3, 0.4) is 0 Å². The van der Waals surface area contributed by atoms with Gasteiger partial charge >= 0.3 is 0 Å². The van der Waals surface area contributed by atoms with Crippen LogP contribution in [0.1, 0.15) is 41.3 Å². The van der Waals surface area contributed by atoms with Crippen molar-refractivity contribution in [2.75, 3.05) is 6.54 Å². The van der Waals surface area contributed by atoms with E-state index < -0.39 is 0 Å². The zero-order valence-corrected chi connectivity index (χ0v) is 14.0. The summed E-state index contributed by atoms with van der Waals surface area (Å²) in [5, 5.41) is 12.3. The first kappa shape index (κ1) is 16.5. The Bertz CT molecular complexity index is 942. The molecule has 2 aromatic carbocycles. The van der Waals surface area contributed by atoms with Crippen molar-refractivity contribution in [3.8, 4) is 17.2 Å². The highest BCUT2D eigenvalue weighted by Gasteiger charge is 2.29. The van der Waals surface area contributed by atoms with Crippen molar-refractivity contribution in [3.05, 3.63) is 76.3 Å². The fourth-order valence-electron chi connectivity index (χ4n) is 3.17. The molecule has 122 valence electrons. The molecule has 0 aliphatic heterocycles. The highest BCUT2D eigenvalue weighted by molar-refractivity contribution is 6.11. The molecule has 0 aromatic heterocycles. The van der Waals surface area contributed by atoms with E-state index in [0.29, 0.717) is 17.7 Å². The maximum atomic E-state index is 12.7. The summed E-state index contributed by atoms with van der Waals surface area (Å²) < 4.78 is 0. The normalized spacial score (nSPS) is 13.2. The fourth-order valence-corrected chi connectivity index (χ4v) is 3.17. The molecule has 1 aliphatic rings. The average molecular weight is 327 g/mol. The largest absolute Gasteiger partial charge is 0.352 e. The van der Waals surface area contributed by atoms with Crippen LogP contribution in [0.5, 0.6) is 0 Å². The number of carbonyl (C=O) groups is 1. The molecule has 0 saturated heterocycles. The average Bonchev–Trinajstić information content (AvgIpc) is 2.98. The number of carbonyl (C=O) groups excluding carboxylic acids is 1. The second kappa shape index (κ2) is 7.03. The molecular weight excluding hydrogens is 310 g/mol. The Morgan fingerprint density at radius 3 is 2.56 bits per heavy atom. The fraction of sp³-hybridized carbons (Fsp3) is 0.190. The van der Waals surface area contributed by atoms with Crippen molar-refractivity contribution in [2.45, 2.75) is 19.8 Å². The summed E-state index contributed by atoms with van der Waals surface area (Å²) in [5.74, 6) is -0.123. The maximum absolute atomic E-state index is 12.7. The van der Waals surface area contributed by atoms with Gasteiger partial charge in [0.2, 0.25) is 0 Å². The van der Waals surface area contributed by atoms with Crippen molar-refractivity contribution in [1.82, 2.24) is 5.32 Å². The number of amides is 1. The Balaban J connectivity index is 2.21. The summed E-state index contributed by atoms with van der Waals surface area (Å²) >= 11 is 0.